The van der Waals surface area contributed by atoms with E-state index in [0.29, 0.717) is 5.92 Å². The molecule has 1 unspecified atom stereocenters. The molecule has 0 aromatic heterocycles. The van der Waals surface area contributed by atoms with E-state index in [2.05, 4.69) is 25.1 Å². The Labute approximate surface area is 85.1 Å². The Morgan fingerprint density at radius 3 is 3.14 bits per heavy atom. The molecule has 1 aliphatic heterocycles. The van der Waals surface area contributed by atoms with Crippen molar-refractivity contribution < 1.29 is 4.74 Å². The molecule has 1 aromatic rings. The van der Waals surface area contributed by atoms with Gasteiger partial charge in [-0.3, -0.25) is 0 Å². The van der Waals surface area contributed by atoms with E-state index < -0.39 is 0 Å². The summed E-state index contributed by atoms with van der Waals surface area (Å²) in [5, 5.41) is 0. The standard InChI is InChI=1S/C12H17NO/c1-9-4-5-12-11(7-9)10(8-14-12)3-2-6-13/h4-5,7,10H,2-3,6,8,13H2,1H3. The molecule has 0 aliphatic carbocycles. The van der Waals surface area contributed by atoms with E-state index in [0.717, 1.165) is 31.7 Å². The van der Waals surface area contributed by atoms with E-state index in [-0.39, 0.29) is 0 Å². The SMILES string of the molecule is Cc1ccc2c(c1)C(CCCN)CO2. The summed E-state index contributed by atoms with van der Waals surface area (Å²) in [6.07, 6.45) is 2.23. The van der Waals surface area contributed by atoms with Crippen molar-refractivity contribution in [3.63, 3.8) is 0 Å². The molecule has 1 aromatic carbocycles. The lowest BCUT2D eigenvalue weighted by atomic mass is 9.95. The summed E-state index contributed by atoms with van der Waals surface area (Å²) in [5.41, 5.74) is 8.20. The van der Waals surface area contributed by atoms with Gasteiger partial charge in [0.15, 0.2) is 0 Å². The lowest BCUT2D eigenvalue weighted by Crippen LogP contribution is -2.05. The topological polar surface area (TPSA) is 35.2 Å². The van der Waals surface area contributed by atoms with Crippen LogP contribution in [0.2, 0.25) is 0 Å². The average molecular weight is 191 g/mol. The second-order valence-corrected chi connectivity index (χ2v) is 3.98. The third-order valence-corrected chi connectivity index (χ3v) is 2.80. The van der Waals surface area contributed by atoms with Crippen LogP contribution in [0.25, 0.3) is 0 Å². The van der Waals surface area contributed by atoms with Gasteiger partial charge in [0.05, 0.1) is 6.61 Å². The van der Waals surface area contributed by atoms with Gasteiger partial charge in [-0.05, 0) is 32.4 Å². The van der Waals surface area contributed by atoms with E-state index in [1.807, 2.05) is 0 Å². The number of fused-ring (bicyclic) bond motifs is 1. The first-order valence-corrected chi connectivity index (χ1v) is 5.24. The minimum absolute atomic E-state index is 0.563. The van der Waals surface area contributed by atoms with E-state index in [1.165, 1.54) is 11.1 Å². The molecular formula is C12H17NO. The van der Waals surface area contributed by atoms with Crippen LogP contribution >= 0.6 is 0 Å². The quantitative estimate of drug-likeness (QED) is 0.795. The third-order valence-electron chi connectivity index (χ3n) is 2.80. The van der Waals surface area contributed by atoms with Crippen molar-refractivity contribution in [1.82, 2.24) is 0 Å². The minimum atomic E-state index is 0.563. The summed E-state index contributed by atoms with van der Waals surface area (Å²) < 4.78 is 5.62. The highest BCUT2D eigenvalue weighted by Gasteiger charge is 2.23. The van der Waals surface area contributed by atoms with Crippen LogP contribution in [0.1, 0.15) is 29.9 Å². The number of benzene rings is 1. The Balaban J connectivity index is 2.16. The predicted octanol–water partition coefficient (Wildman–Crippen LogP) is 2.21. The summed E-state index contributed by atoms with van der Waals surface area (Å²) in [5.74, 6) is 1.63. The first-order valence-electron chi connectivity index (χ1n) is 5.24. The molecule has 76 valence electrons. The van der Waals surface area contributed by atoms with Crippen LogP contribution in [-0.2, 0) is 0 Å². The number of nitrogens with two attached hydrogens (primary N) is 1. The summed E-state index contributed by atoms with van der Waals surface area (Å²) in [7, 11) is 0. The molecule has 1 heterocycles. The zero-order chi connectivity index (χ0) is 9.97. The van der Waals surface area contributed by atoms with Crippen LogP contribution in [-0.4, -0.2) is 13.2 Å². The Bertz CT molecular complexity index is 322. The van der Waals surface area contributed by atoms with Crippen molar-refractivity contribution in [3.8, 4) is 5.75 Å². The maximum Gasteiger partial charge on any atom is 0.122 e. The van der Waals surface area contributed by atoms with Gasteiger partial charge in [0.2, 0.25) is 0 Å². The van der Waals surface area contributed by atoms with Crippen LogP contribution < -0.4 is 10.5 Å². The Kier molecular flexibility index (Phi) is 2.73. The summed E-state index contributed by atoms with van der Waals surface area (Å²) >= 11 is 0. The molecule has 0 saturated heterocycles. The molecule has 2 rings (SSSR count). The fraction of sp³-hybridized carbons (Fsp3) is 0.500. The van der Waals surface area contributed by atoms with Gasteiger partial charge < -0.3 is 10.5 Å². The fourth-order valence-electron chi connectivity index (χ4n) is 2.00. The molecule has 0 amide bonds. The highest BCUT2D eigenvalue weighted by molar-refractivity contribution is 5.42. The maximum atomic E-state index is 5.62. The van der Waals surface area contributed by atoms with Gasteiger partial charge in [-0.25, -0.2) is 0 Å². The van der Waals surface area contributed by atoms with Gasteiger partial charge in [-0.2, -0.15) is 0 Å². The van der Waals surface area contributed by atoms with Crippen LogP contribution in [0.3, 0.4) is 0 Å². The molecule has 2 nitrogen and oxygen atoms in total. The molecule has 2 heteroatoms. The van der Waals surface area contributed by atoms with E-state index in [1.54, 1.807) is 0 Å². The Hall–Kier alpha value is -1.02. The molecule has 0 saturated carbocycles. The van der Waals surface area contributed by atoms with Crippen molar-refractivity contribution in [2.24, 2.45) is 5.73 Å². The van der Waals surface area contributed by atoms with Crippen molar-refractivity contribution in [3.05, 3.63) is 29.3 Å². The number of aryl methyl sites for hydroxylation is 1. The third kappa shape index (κ3) is 1.75. The normalized spacial score (nSPS) is 19.1. The molecule has 0 bridgehead atoms. The van der Waals surface area contributed by atoms with Crippen molar-refractivity contribution in [2.45, 2.75) is 25.7 Å². The zero-order valence-electron chi connectivity index (χ0n) is 8.62. The van der Waals surface area contributed by atoms with Gasteiger partial charge in [0.1, 0.15) is 5.75 Å². The molecule has 0 spiro atoms. The second kappa shape index (κ2) is 4.01. The van der Waals surface area contributed by atoms with Gasteiger partial charge >= 0.3 is 0 Å². The lowest BCUT2D eigenvalue weighted by molar-refractivity contribution is 0.324. The fourth-order valence-corrected chi connectivity index (χ4v) is 2.00. The molecule has 0 radical (unpaired) electrons. The zero-order valence-corrected chi connectivity index (χ0v) is 8.62. The van der Waals surface area contributed by atoms with Crippen LogP contribution in [0.4, 0.5) is 0 Å². The van der Waals surface area contributed by atoms with Crippen LogP contribution in [0, 0.1) is 6.92 Å². The van der Waals surface area contributed by atoms with Crippen molar-refractivity contribution in [2.75, 3.05) is 13.2 Å². The van der Waals surface area contributed by atoms with Crippen LogP contribution in [0.15, 0.2) is 18.2 Å². The minimum Gasteiger partial charge on any atom is -0.493 e. The number of hydrogen-bond acceptors (Lipinski definition) is 2. The summed E-state index contributed by atoms with van der Waals surface area (Å²) in [6.45, 7) is 3.73. The Morgan fingerprint density at radius 1 is 1.50 bits per heavy atom. The van der Waals surface area contributed by atoms with E-state index in [9.17, 15) is 0 Å². The molecule has 1 atom stereocenters. The van der Waals surface area contributed by atoms with E-state index >= 15 is 0 Å². The number of ether oxygens (including phenoxy) is 1. The molecule has 0 fully saturated rings. The molecular weight excluding hydrogens is 174 g/mol. The number of hydrogen-bond donors (Lipinski definition) is 1. The van der Waals surface area contributed by atoms with Gasteiger partial charge in [0, 0.05) is 11.5 Å². The van der Waals surface area contributed by atoms with Gasteiger partial charge in [-0.15, -0.1) is 0 Å². The highest BCUT2D eigenvalue weighted by atomic mass is 16.5. The molecule has 1 aliphatic rings. The smallest absolute Gasteiger partial charge is 0.122 e. The first kappa shape index (κ1) is 9.53. The van der Waals surface area contributed by atoms with Gasteiger partial charge in [0.25, 0.3) is 0 Å². The van der Waals surface area contributed by atoms with Crippen molar-refractivity contribution in [1.29, 1.82) is 0 Å². The van der Waals surface area contributed by atoms with Crippen molar-refractivity contribution >= 4 is 0 Å². The molecule has 2 N–H and O–H groups in total. The molecule has 14 heavy (non-hydrogen) atoms. The second-order valence-electron chi connectivity index (χ2n) is 3.98. The monoisotopic (exact) mass is 191 g/mol. The largest absolute Gasteiger partial charge is 0.493 e. The van der Waals surface area contributed by atoms with E-state index in [4.69, 9.17) is 10.5 Å². The lowest BCUT2D eigenvalue weighted by Gasteiger charge is -2.07. The highest BCUT2D eigenvalue weighted by Crippen LogP contribution is 2.36. The Morgan fingerprint density at radius 2 is 2.36 bits per heavy atom. The van der Waals surface area contributed by atoms with Crippen LogP contribution in [0.5, 0.6) is 5.75 Å². The van der Waals surface area contributed by atoms with Gasteiger partial charge in [-0.1, -0.05) is 17.7 Å². The number of rotatable bonds is 3. The maximum absolute atomic E-state index is 5.62. The predicted molar refractivity (Wildman–Crippen MR) is 57.7 cm³/mol. The first-order chi connectivity index (χ1) is 6.81. The summed E-state index contributed by atoms with van der Waals surface area (Å²) in [4.78, 5) is 0. The summed E-state index contributed by atoms with van der Waals surface area (Å²) in [6, 6.07) is 6.42. The average Bonchev–Trinajstić information content (AvgIpc) is 2.57.